The van der Waals surface area contributed by atoms with Gasteiger partial charge in [0.25, 0.3) is 5.91 Å². The van der Waals surface area contributed by atoms with E-state index in [-0.39, 0.29) is 11.9 Å². The number of anilines is 1. The zero-order valence-corrected chi connectivity index (χ0v) is 12.3. The second kappa shape index (κ2) is 5.60. The van der Waals surface area contributed by atoms with Gasteiger partial charge in [-0.2, -0.15) is 0 Å². The summed E-state index contributed by atoms with van der Waals surface area (Å²) < 4.78 is 4.92. The average molecular weight is 285 g/mol. The molecule has 3 rings (SSSR count). The largest absolute Gasteiger partial charge is 0.366 e. The van der Waals surface area contributed by atoms with Gasteiger partial charge < -0.3 is 14.7 Å². The van der Waals surface area contributed by atoms with Gasteiger partial charge in [-0.1, -0.05) is 23.4 Å². The molecule has 2 aromatic rings. The molecule has 0 radical (unpaired) electrons. The van der Waals surface area contributed by atoms with Crippen molar-refractivity contribution in [2.75, 3.05) is 18.0 Å². The predicted octanol–water partition coefficient (Wildman–Crippen LogP) is 2.16. The summed E-state index contributed by atoms with van der Waals surface area (Å²) in [5.74, 6) is 0.452. The van der Waals surface area contributed by atoms with E-state index in [1.165, 1.54) is 11.3 Å². The molecule has 0 fully saturated rings. The number of aryl methyl sites for hydroxylation is 1. The Morgan fingerprint density at radius 1 is 1.48 bits per heavy atom. The van der Waals surface area contributed by atoms with Crippen LogP contribution in [-0.2, 0) is 6.42 Å². The Morgan fingerprint density at radius 3 is 3.05 bits per heavy atom. The van der Waals surface area contributed by atoms with E-state index in [4.69, 9.17) is 4.52 Å². The fourth-order valence-corrected chi connectivity index (χ4v) is 2.74. The number of fused-ring (bicyclic) bond motifs is 1. The molecule has 0 saturated heterocycles. The van der Waals surface area contributed by atoms with Gasteiger partial charge in [-0.15, -0.1) is 0 Å². The maximum absolute atomic E-state index is 12.0. The fraction of sp³-hybridized carbons (Fsp3) is 0.375. The minimum Gasteiger partial charge on any atom is -0.366 e. The summed E-state index contributed by atoms with van der Waals surface area (Å²) in [6, 6.07) is 10.3. The van der Waals surface area contributed by atoms with Crippen LogP contribution in [-0.4, -0.2) is 30.2 Å². The van der Waals surface area contributed by atoms with Crippen molar-refractivity contribution in [1.29, 1.82) is 0 Å². The summed E-state index contributed by atoms with van der Waals surface area (Å²) in [7, 11) is 0. The highest BCUT2D eigenvalue weighted by atomic mass is 16.5. The topological polar surface area (TPSA) is 58.4 Å². The van der Waals surface area contributed by atoms with Gasteiger partial charge in [0, 0.05) is 30.9 Å². The van der Waals surface area contributed by atoms with Crippen molar-refractivity contribution in [2.45, 2.75) is 26.3 Å². The molecular formula is C16H19N3O2. The fourth-order valence-electron chi connectivity index (χ4n) is 2.74. The van der Waals surface area contributed by atoms with Crippen LogP contribution in [0.1, 0.15) is 28.7 Å². The first-order valence-electron chi connectivity index (χ1n) is 7.21. The van der Waals surface area contributed by atoms with Crippen LogP contribution in [0.3, 0.4) is 0 Å². The Labute approximate surface area is 123 Å². The molecule has 0 unspecified atom stereocenters. The van der Waals surface area contributed by atoms with E-state index in [1.807, 2.05) is 0 Å². The summed E-state index contributed by atoms with van der Waals surface area (Å²) in [4.78, 5) is 14.3. The van der Waals surface area contributed by atoms with E-state index < -0.39 is 0 Å². The Kier molecular flexibility index (Phi) is 3.64. The average Bonchev–Trinajstić information content (AvgIpc) is 3.10. The molecule has 0 spiro atoms. The Bertz CT molecular complexity index is 650. The van der Waals surface area contributed by atoms with Crippen LogP contribution in [0.5, 0.6) is 0 Å². The molecule has 5 nitrogen and oxygen atoms in total. The molecule has 1 aromatic heterocycles. The summed E-state index contributed by atoms with van der Waals surface area (Å²) in [5.41, 5.74) is 2.99. The summed E-state index contributed by atoms with van der Waals surface area (Å²) in [6.45, 7) is 5.47. The maximum atomic E-state index is 12.0. The molecule has 0 bridgehead atoms. The van der Waals surface area contributed by atoms with E-state index in [0.717, 1.165) is 13.0 Å². The van der Waals surface area contributed by atoms with Crippen molar-refractivity contribution in [3.63, 3.8) is 0 Å². The highest BCUT2D eigenvalue weighted by Crippen LogP contribution is 2.28. The normalized spacial score (nSPS) is 14.9. The second-order valence-electron chi connectivity index (χ2n) is 5.45. The van der Waals surface area contributed by atoms with E-state index in [1.54, 1.807) is 13.0 Å². The molecule has 5 heteroatoms. The third-order valence-corrected chi connectivity index (χ3v) is 3.87. The number of para-hydroxylation sites is 1. The SMILES string of the molecule is Cc1cc(C(=O)NC[C@H](C)N2CCc3ccccc32)no1. The maximum Gasteiger partial charge on any atom is 0.273 e. The van der Waals surface area contributed by atoms with Gasteiger partial charge in [0.05, 0.1) is 0 Å². The molecule has 0 aliphatic carbocycles. The van der Waals surface area contributed by atoms with Crippen molar-refractivity contribution in [3.8, 4) is 0 Å². The standard InChI is InChI=1S/C16H19N3O2/c1-11(10-17-16(20)14-9-12(2)21-18-14)19-8-7-13-5-3-4-6-15(13)19/h3-6,9,11H,7-8,10H2,1-2H3,(H,17,20)/t11-/m0/s1. The number of carbonyl (C=O) groups excluding carboxylic acids is 1. The smallest absolute Gasteiger partial charge is 0.273 e. The zero-order valence-electron chi connectivity index (χ0n) is 12.3. The second-order valence-corrected chi connectivity index (χ2v) is 5.45. The minimum absolute atomic E-state index is 0.189. The van der Waals surface area contributed by atoms with Crippen LogP contribution in [0.4, 0.5) is 5.69 Å². The van der Waals surface area contributed by atoms with Crippen LogP contribution < -0.4 is 10.2 Å². The lowest BCUT2D eigenvalue weighted by molar-refractivity contribution is 0.0942. The molecule has 1 amide bonds. The molecule has 1 aliphatic rings. The Balaban J connectivity index is 1.60. The monoisotopic (exact) mass is 285 g/mol. The summed E-state index contributed by atoms with van der Waals surface area (Å²) in [5, 5.41) is 6.64. The van der Waals surface area contributed by atoms with Gasteiger partial charge in [-0.05, 0) is 31.9 Å². The number of aromatic nitrogens is 1. The van der Waals surface area contributed by atoms with E-state index in [0.29, 0.717) is 18.0 Å². The number of rotatable bonds is 4. The Morgan fingerprint density at radius 2 is 2.29 bits per heavy atom. The molecule has 2 heterocycles. The number of hydrogen-bond acceptors (Lipinski definition) is 4. The third kappa shape index (κ3) is 2.77. The van der Waals surface area contributed by atoms with Crippen molar-refractivity contribution < 1.29 is 9.32 Å². The van der Waals surface area contributed by atoms with Crippen molar-refractivity contribution in [1.82, 2.24) is 10.5 Å². The highest BCUT2D eigenvalue weighted by Gasteiger charge is 2.23. The van der Waals surface area contributed by atoms with Crippen LogP contribution in [0.15, 0.2) is 34.9 Å². The van der Waals surface area contributed by atoms with Crippen molar-refractivity contribution in [2.24, 2.45) is 0 Å². The minimum atomic E-state index is -0.189. The first kappa shape index (κ1) is 13.7. The van der Waals surface area contributed by atoms with E-state index in [2.05, 4.69) is 46.6 Å². The number of benzene rings is 1. The van der Waals surface area contributed by atoms with Crippen LogP contribution in [0, 0.1) is 6.92 Å². The third-order valence-electron chi connectivity index (χ3n) is 3.87. The van der Waals surface area contributed by atoms with Gasteiger partial charge in [0.2, 0.25) is 0 Å². The van der Waals surface area contributed by atoms with Gasteiger partial charge in [-0.3, -0.25) is 4.79 Å². The molecule has 1 atom stereocenters. The molecule has 1 aromatic carbocycles. The number of hydrogen-bond donors (Lipinski definition) is 1. The number of amides is 1. The summed E-state index contributed by atoms with van der Waals surface area (Å²) in [6.07, 6.45) is 1.07. The first-order valence-corrected chi connectivity index (χ1v) is 7.21. The van der Waals surface area contributed by atoms with Gasteiger partial charge >= 0.3 is 0 Å². The number of nitrogens with one attached hydrogen (secondary N) is 1. The number of nitrogens with zero attached hydrogens (tertiary/aromatic N) is 2. The number of carbonyl (C=O) groups is 1. The lowest BCUT2D eigenvalue weighted by Crippen LogP contribution is -2.41. The molecule has 1 aliphatic heterocycles. The molecule has 110 valence electrons. The van der Waals surface area contributed by atoms with Crippen LogP contribution >= 0.6 is 0 Å². The van der Waals surface area contributed by atoms with E-state index in [9.17, 15) is 4.79 Å². The lowest BCUT2D eigenvalue weighted by Gasteiger charge is -2.27. The molecule has 1 N–H and O–H groups in total. The zero-order chi connectivity index (χ0) is 14.8. The first-order chi connectivity index (χ1) is 10.1. The summed E-state index contributed by atoms with van der Waals surface area (Å²) >= 11 is 0. The lowest BCUT2D eigenvalue weighted by atomic mass is 10.2. The van der Waals surface area contributed by atoms with Crippen molar-refractivity contribution in [3.05, 3.63) is 47.3 Å². The van der Waals surface area contributed by atoms with Gasteiger partial charge in [0.1, 0.15) is 5.76 Å². The van der Waals surface area contributed by atoms with Crippen molar-refractivity contribution >= 4 is 11.6 Å². The van der Waals surface area contributed by atoms with Gasteiger partial charge in [0.15, 0.2) is 5.69 Å². The predicted molar refractivity (Wildman–Crippen MR) is 80.5 cm³/mol. The Hall–Kier alpha value is -2.30. The highest BCUT2D eigenvalue weighted by molar-refractivity contribution is 5.92. The van der Waals surface area contributed by atoms with Crippen LogP contribution in [0.2, 0.25) is 0 Å². The van der Waals surface area contributed by atoms with Gasteiger partial charge in [-0.25, -0.2) is 0 Å². The quantitative estimate of drug-likeness (QED) is 0.935. The van der Waals surface area contributed by atoms with Crippen LogP contribution in [0.25, 0.3) is 0 Å². The molecule has 21 heavy (non-hydrogen) atoms. The molecule has 0 saturated carbocycles. The molecular weight excluding hydrogens is 266 g/mol. The van der Waals surface area contributed by atoms with E-state index >= 15 is 0 Å².